The van der Waals surface area contributed by atoms with Crippen LogP contribution in [0.3, 0.4) is 0 Å². The highest BCUT2D eigenvalue weighted by atomic mass is 79.9. The molecule has 0 aromatic carbocycles. The van der Waals surface area contributed by atoms with Crippen molar-refractivity contribution < 1.29 is 4.74 Å². The Kier molecular flexibility index (Phi) is 6.77. The van der Waals surface area contributed by atoms with Crippen molar-refractivity contribution in [3.8, 4) is 0 Å². The third kappa shape index (κ3) is 4.08. The van der Waals surface area contributed by atoms with Crippen LogP contribution in [0, 0.1) is 0 Å². The van der Waals surface area contributed by atoms with Gasteiger partial charge >= 0.3 is 0 Å². The molecule has 0 atom stereocenters. The largest absolute Gasteiger partial charge is 0.383 e. The third-order valence-corrected chi connectivity index (χ3v) is 3.63. The molecule has 0 aliphatic rings. The average Bonchev–Trinajstić information content (AvgIpc) is 2.65. The number of nitrogens with zero attached hydrogens (tertiary/aromatic N) is 2. The summed E-state index contributed by atoms with van der Waals surface area (Å²) in [6, 6.07) is 0. The Labute approximate surface area is 112 Å². The molecule has 1 rings (SSSR count). The number of methoxy groups -OCH3 is 1. The van der Waals surface area contributed by atoms with Crippen molar-refractivity contribution in [2.75, 3.05) is 26.8 Å². The Bertz CT molecular complexity index is 339. The highest BCUT2D eigenvalue weighted by Gasteiger charge is 2.12. The van der Waals surface area contributed by atoms with E-state index in [1.807, 2.05) is 0 Å². The molecule has 0 amide bonds. The topological polar surface area (TPSA) is 39.1 Å². The zero-order valence-corrected chi connectivity index (χ0v) is 12.5. The van der Waals surface area contributed by atoms with Crippen LogP contribution >= 0.6 is 15.9 Å². The molecule has 4 nitrogen and oxygen atoms in total. The van der Waals surface area contributed by atoms with Crippen LogP contribution in [0.1, 0.15) is 25.2 Å². The minimum atomic E-state index is 0.758. The maximum absolute atomic E-state index is 4.99. The summed E-state index contributed by atoms with van der Waals surface area (Å²) in [5.74, 6) is 0. The summed E-state index contributed by atoms with van der Waals surface area (Å²) in [6.45, 7) is 7.79. The number of hydrogen-bond acceptors (Lipinski definition) is 3. The summed E-state index contributed by atoms with van der Waals surface area (Å²) in [5, 5.41) is 7.93. The number of hydrogen-bond donors (Lipinski definition) is 1. The van der Waals surface area contributed by atoms with Crippen molar-refractivity contribution in [3.63, 3.8) is 0 Å². The molecule has 0 unspecified atom stereocenters. The van der Waals surface area contributed by atoms with Gasteiger partial charge in [-0.1, -0.05) is 6.92 Å². The third-order valence-electron chi connectivity index (χ3n) is 2.72. The van der Waals surface area contributed by atoms with Gasteiger partial charge in [-0.3, -0.25) is 4.68 Å². The van der Waals surface area contributed by atoms with E-state index in [0.717, 1.165) is 44.8 Å². The Balaban J connectivity index is 2.54. The summed E-state index contributed by atoms with van der Waals surface area (Å²) >= 11 is 3.65. The molecule has 1 N–H and O–H groups in total. The minimum absolute atomic E-state index is 0.758. The predicted molar refractivity (Wildman–Crippen MR) is 73.4 cm³/mol. The summed E-state index contributed by atoms with van der Waals surface area (Å²) in [6.07, 6.45) is 1.96. The van der Waals surface area contributed by atoms with Crippen molar-refractivity contribution in [1.82, 2.24) is 15.1 Å². The zero-order valence-electron chi connectivity index (χ0n) is 10.9. The molecule has 1 aromatic heterocycles. The Morgan fingerprint density at radius 1 is 1.35 bits per heavy atom. The van der Waals surface area contributed by atoms with Crippen molar-refractivity contribution in [2.45, 2.75) is 33.2 Å². The average molecular weight is 304 g/mol. The van der Waals surface area contributed by atoms with Crippen molar-refractivity contribution in [2.24, 2.45) is 0 Å². The van der Waals surface area contributed by atoms with Crippen LogP contribution in [-0.2, 0) is 24.1 Å². The Hall–Kier alpha value is -0.390. The van der Waals surface area contributed by atoms with Crippen LogP contribution in [0.25, 0.3) is 0 Å². The van der Waals surface area contributed by atoms with E-state index < -0.39 is 0 Å². The fourth-order valence-corrected chi connectivity index (χ4v) is 2.52. The van der Waals surface area contributed by atoms with E-state index in [2.05, 4.69) is 44.9 Å². The van der Waals surface area contributed by atoms with E-state index in [9.17, 15) is 0 Å². The number of rotatable bonds is 8. The van der Waals surface area contributed by atoms with Gasteiger partial charge in [0.15, 0.2) is 0 Å². The van der Waals surface area contributed by atoms with Crippen LogP contribution in [0.2, 0.25) is 0 Å². The molecule has 0 saturated carbocycles. The highest BCUT2D eigenvalue weighted by Crippen LogP contribution is 2.22. The first-order valence-corrected chi connectivity index (χ1v) is 6.97. The molecule has 1 aromatic rings. The standard InChI is InChI=1S/C12H22BrN3O/c1-4-10-12(13)11(16(5-2)15-10)6-7-14-8-9-17-3/h14H,4-9H2,1-3H3. The smallest absolute Gasteiger partial charge is 0.0766 e. The predicted octanol–water partition coefficient (Wildman–Crippen LogP) is 2.01. The van der Waals surface area contributed by atoms with Crippen LogP contribution in [0.5, 0.6) is 0 Å². The molecule has 0 saturated heterocycles. The Morgan fingerprint density at radius 3 is 2.71 bits per heavy atom. The summed E-state index contributed by atoms with van der Waals surface area (Å²) < 4.78 is 8.26. The van der Waals surface area contributed by atoms with Gasteiger partial charge in [0.1, 0.15) is 0 Å². The molecule has 98 valence electrons. The molecule has 0 bridgehead atoms. The number of aryl methyl sites for hydroxylation is 2. The SMILES string of the molecule is CCc1nn(CC)c(CCNCCOC)c1Br. The summed E-state index contributed by atoms with van der Waals surface area (Å²) in [7, 11) is 1.72. The fraction of sp³-hybridized carbons (Fsp3) is 0.750. The van der Waals surface area contributed by atoms with Gasteiger partial charge in [-0.25, -0.2) is 0 Å². The second-order valence-electron chi connectivity index (χ2n) is 3.87. The van der Waals surface area contributed by atoms with E-state index in [1.54, 1.807) is 7.11 Å². The van der Waals surface area contributed by atoms with Gasteiger partial charge in [-0.15, -0.1) is 0 Å². The monoisotopic (exact) mass is 303 g/mol. The van der Waals surface area contributed by atoms with E-state index in [1.165, 1.54) is 10.2 Å². The van der Waals surface area contributed by atoms with Crippen LogP contribution in [-0.4, -0.2) is 36.6 Å². The van der Waals surface area contributed by atoms with Crippen molar-refractivity contribution >= 4 is 15.9 Å². The van der Waals surface area contributed by atoms with Crippen molar-refractivity contribution in [3.05, 3.63) is 15.9 Å². The molecule has 0 fully saturated rings. The summed E-state index contributed by atoms with van der Waals surface area (Å²) in [5.41, 5.74) is 2.44. The number of nitrogens with one attached hydrogen (secondary N) is 1. The lowest BCUT2D eigenvalue weighted by atomic mass is 10.2. The minimum Gasteiger partial charge on any atom is -0.383 e. The quantitative estimate of drug-likeness (QED) is 0.747. The molecule has 0 radical (unpaired) electrons. The Morgan fingerprint density at radius 2 is 2.12 bits per heavy atom. The highest BCUT2D eigenvalue weighted by molar-refractivity contribution is 9.10. The fourth-order valence-electron chi connectivity index (χ4n) is 1.76. The molecule has 1 heterocycles. The number of halogens is 1. The first-order valence-electron chi connectivity index (χ1n) is 6.18. The van der Waals surface area contributed by atoms with Crippen LogP contribution in [0.4, 0.5) is 0 Å². The van der Waals surface area contributed by atoms with E-state index in [0.29, 0.717) is 0 Å². The maximum atomic E-state index is 4.99. The molecule has 0 aliphatic heterocycles. The van der Waals surface area contributed by atoms with Crippen LogP contribution in [0.15, 0.2) is 4.47 Å². The van der Waals surface area contributed by atoms with E-state index >= 15 is 0 Å². The lowest BCUT2D eigenvalue weighted by Gasteiger charge is -2.06. The van der Waals surface area contributed by atoms with Gasteiger partial charge in [0.25, 0.3) is 0 Å². The first-order chi connectivity index (χ1) is 8.24. The molecular formula is C12H22BrN3O. The van der Waals surface area contributed by atoms with Crippen molar-refractivity contribution in [1.29, 1.82) is 0 Å². The zero-order chi connectivity index (χ0) is 12.7. The number of aromatic nitrogens is 2. The van der Waals surface area contributed by atoms with Gasteiger partial charge < -0.3 is 10.1 Å². The number of ether oxygens (including phenoxy) is 1. The van der Waals surface area contributed by atoms with Gasteiger partial charge in [-0.05, 0) is 29.3 Å². The van der Waals surface area contributed by atoms with Gasteiger partial charge in [0.05, 0.1) is 22.5 Å². The maximum Gasteiger partial charge on any atom is 0.0766 e. The lowest BCUT2D eigenvalue weighted by Crippen LogP contribution is -2.22. The van der Waals surface area contributed by atoms with Crippen LogP contribution < -0.4 is 5.32 Å². The summed E-state index contributed by atoms with van der Waals surface area (Å²) in [4.78, 5) is 0. The first kappa shape index (κ1) is 14.7. The normalized spacial score (nSPS) is 11.1. The lowest BCUT2D eigenvalue weighted by molar-refractivity contribution is 0.199. The van der Waals surface area contributed by atoms with E-state index in [-0.39, 0.29) is 0 Å². The molecule has 0 aliphatic carbocycles. The van der Waals surface area contributed by atoms with E-state index in [4.69, 9.17) is 4.74 Å². The molecule has 0 spiro atoms. The van der Waals surface area contributed by atoms with Gasteiger partial charge in [0.2, 0.25) is 0 Å². The molecule has 5 heteroatoms. The van der Waals surface area contributed by atoms with Gasteiger partial charge in [-0.2, -0.15) is 5.10 Å². The second-order valence-corrected chi connectivity index (χ2v) is 4.66. The molecular weight excluding hydrogens is 282 g/mol. The molecule has 17 heavy (non-hydrogen) atoms. The second kappa shape index (κ2) is 7.84. The van der Waals surface area contributed by atoms with Gasteiger partial charge in [0, 0.05) is 33.2 Å².